The molecule has 1 aliphatic rings. The van der Waals surface area contributed by atoms with Gasteiger partial charge in [0.15, 0.2) is 0 Å². The van der Waals surface area contributed by atoms with Crippen LogP contribution in [0.25, 0.3) is 0 Å². The molecule has 19 heavy (non-hydrogen) atoms. The van der Waals surface area contributed by atoms with E-state index in [2.05, 4.69) is 21.0 Å². The summed E-state index contributed by atoms with van der Waals surface area (Å²) in [7, 11) is 1.65. The first kappa shape index (κ1) is 15.0. The van der Waals surface area contributed by atoms with Crippen molar-refractivity contribution in [2.75, 3.05) is 20.3 Å². The monoisotopic (exact) mass is 332 g/mol. The molecule has 1 fully saturated rings. The summed E-state index contributed by atoms with van der Waals surface area (Å²) in [6.45, 7) is 5.30. The van der Waals surface area contributed by atoms with Gasteiger partial charge in [-0.05, 0) is 29.8 Å². The molecule has 1 aromatic rings. The van der Waals surface area contributed by atoms with Crippen molar-refractivity contribution in [3.8, 4) is 0 Å². The lowest BCUT2D eigenvalue weighted by Crippen LogP contribution is -2.44. The van der Waals surface area contributed by atoms with Crippen LogP contribution in [-0.4, -0.2) is 40.8 Å². The SMILES string of the molecule is COC1(C(O)c2c(Br)cnn2C(C)C)CCOCC1. The van der Waals surface area contributed by atoms with Crippen LogP contribution in [0.1, 0.15) is 44.5 Å². The molecule has 0 spiro atoms. The molecule has 0 aromatic carbocycles. The maximum Gasteiger partial charge on any atom is 0.126 e. The summed E-state index contributed by atoms with van der Waals surface area (Å²) in [5.41, 5.74) is 0.187. The van der Waals surface area contributed by atoms with Crippen LogP contribution in [0.3, 0.4) is 0 Å². The fraction of sp³-hybridized carbons (Fsp3) is 0.769. The lowest BCUT2D eigenvalue weighted by atomic mass is 9.86. The second kappa shape index (κ2) is 5.91. The van der Waals surface area contributed by atoms with Gasteiger partial charge in [-0.25, -0.2) is 0 Å². The van der Waals surface area contributed by atoms with Gasteiger partial charge in [0, 0.05) is 39.2 Å². The van der Waals surface area contributed by atoms with Crippen LogP contribution < -0.4 is 0 Å². The summed E-state index contributed by atoms with van der Waals surface area (Å²) in [4.78, 5) is 0. The molecule has 6 heteroatoms. The Kier molecular flexibility index (Phi) is 4.66. The van der Waals surface area contributed by atoms with Gasteiger partial charge in [-0.3, -0.25) is 4.68 Å². The highest BCUT2D eigenvalue weighted by Crippen LogP contribution is 2.40. The topological polar surface area (TPSA) is 56.5 Å². The number of rotatable bonds is 4. The van der Waals surface area contributed by atoms with Gasteiger partial charge in [0.05, 0.1) is 16.4 Å². The molecule has 2 rings (SSSR count). The number of aliphatic hydroxyl groups is 1. The fourth-order valence-corrected chi connectivity index (χ4v) is 3.06. The summed E-state index contributed by atoms with van der Waals surface area (Å²) >= 11 is 3.48. The average molecular weight is 333 g/mol. The Morgan fingerprint density at radius 2 is 2.11 bits per heavy atom. The van der Waals surface area contributed by atoms with E-state index in [-0.39, 0.29) is 6.04 Å². The van der Waals surface area contributed by atoms with Crippen LogP contribution in [0, 0.1) is 0 Å². The molecular weight excluding hydrogens is 312 g/mol. The Hall–Kier alpha value is -0.430. The quantitative estimate of drug-likeness (QED) is 0.920. The smallest absolute Gasteiger partial charge is 0.126 e. The molecule has 1 atom stereocenters. The second-order valence-electron chi connectivity index (χ2n) is 5.20. The van der Waals surface area contributed by atoms with Crippen LogP contribution >= 0.6 is 15.9 Å². The first-order valence-electron chi connectivity index (χ1n) is 6.55. The normalized spacial score (nSPS) is 20.7. The van der Waals surface area contributed by atoms with Crippen molar-refractivity contribution >= 4 is 15.9 Å². The number of ether oxygens (including phenoxy) is 2. The fourth-order valence-electron chi connectivity index (χ4n) is 2.57. The third-order valence-electron chi connectivity index (χ3n) is 3.78. The predicted octanol–water partition coefficient (Wildman–Crippen LogP) is 2.46. The number of nitrogens with zero attached hydrogens (tertiary/aromatic N) is 2. The molecule has 2 heterocycles. The Morgan fingerprint density at radius 1 is 1.47 bits per heavy atom. The zero-order valence-electron chi connectivity index (χ0n) is 11.6. The first-order valence-corrected chi connectivity index (χ1v) is 7.35. The van der Waals surface area contributed by atoms with E-state index in [1.54, 1.807) is 13.3 Å². The Bertz CT molecular complexity index is 428. The average Bonchev–Trinajstić information content (AvgIpc) is 2.80. The van der Waals surface area contributed by atoms with E-state index >= 15 is 0 Å². The second-order valence-corrected chi connectivity index (χ2v) is 6.05. The van der Waals surface area contributed by atoms with Crippen LogP contribution in [-0.2, 0) is 9.47 Å². The summed E-state index contributed by atoms with van der Waals surface area (Å²) in [6.07, 6.45) is 2.36. The first-order chi connectivity index (χ1) is 9.02. The highest BCUT2D eigenvalue weighted by atomic mass is 79.9. The maximum absolute atomic E-state index is 10.8. The minimum atomic E-state index is -0.722. The van der Waals surface area contributed by atoms with E-state index in [1.807, 2.05) is 18.5 Å². The highest BCUT2D eigenvalue weighted by molar-refractivity contribution is 9.10. The molecule has 1 unspecified atom stereocenters. The minimum absolute atomic E-state index is 0.185. The van der Waals surface area contributed by atoms with Crippen LogP contribution in [0.5, 0.6) is 0 Å². The molecule has 1 aliphatic heterocycles. The van der Waals surface area contributed by atoms with Crippen molar-refractivity contribution in [2.45, 2.75) is 44.4 Å². The van der Waals surface area contributed by atoms with Crippen LogP contribution in [0.2, 0.25) is 0 Å². The number of aromatic nitrogens is 2. The molecule has 0 aliphatic carbocycles. The van der Waals surface area contributed by atoms with Crippen molar-refractivity contribution in [3.63, 3.8) is 0 Å². The summed E-state index contributed by atoms with van der Waals surface area (Å²) in [6, 6.07) is 0.185. The standard InChI is InChI=1S/C13H21BrN2O3/c1-9(2)16-11(10(14)8-15-16)12(17)13(18-3)4-6-19-7-5-13/h8-9,12,17H,4-7H2,1-3H3. The summed E-state index contributed by atoms with van der Waals surface area (Å²) < 4.78 is 13.7. The zero-order chi connectivity index (χ0) is 14.0. The van der Waals surface area contributed by atoms with Crippen LogP contribution in [0.15, 0.2) is 10.7 Å². The van der Waals surface area contributed by atoms with E-state index in [0.29, 0.717) is 26.1 Å². The number of methoxy groups -OCH3 is 1. The largest absolute Gasteiger partial charge is 0.384 e. The van der Waals surface area contributed by atoms with E-state index in [4.69, 9.17) is 9.47 Å². The number of hydrogen-bond donors (Lipinski definition) is 1. The van der Waals surface area contributed by atoms with Gasteiger partial charge in [-0.2, -0.15) is 5.10 Å². The van der Waals surface area contributed by atoms with Crippen molar-refractivity contribution in [3.05, 3.63) is 16.4 Å². The third kappa shape index (κ3) is 2.72. The molecule has 0 bridgehead atoms. The van der Waals surface area contributed by atoms with Gasteiger partial charge in [-0.15, -0.1) is 0 Å². The van der Waals surface area contributed by atoms with Gasteiger partial charge < -0.3 is 14.6 Å². The minimum Gasteiger partial charge on any atom is -0.384 e. The van der Waals surface area contributed by atoms with Crippen molar-refractivity contribution in [1.82, 2.24) is 9.78 Å². The zero-order valence-corrected chi connectivity index (χ0v) is 13.2. The number of aliphatic hydroxyl groups excluding tert-OH is 1. The van der Waals surface area contributed by atoms with Crippen molar-refractivity contribution in [1.29, 1.82) is 0 Å². The van der Waals surface area contributed by atoms with E-state index in [9.17, 15) is 5.11 Å². The van der Waals surface area contributed by atoms with Crippen molar-refractivity contribution in [2.24, 2.45) is 0 Å². The van der Waals surface area contributed by atoms with Gasteiger partial charge in [0.25, 0.3) is 0 Å². The Morgan fingerprint density at radius 3 is 2.63 bits per heavy atom. The van der Waals surface area contributed by atoms with Crippen LogP contribution in [0.4, 0.5) is 0 Å². The summed E-state index contributed by atoms with van der Waals surface area (Å²) in [5, 5.41) is 15.1. The Labute approximate surface area is 122 Å². The molecule has 108 valence electrons. The third-order valence-corrected chi connectivity index (χ3v) is 4.39. The molecule has 1 saturated heterocycles. The lowest BCUT2D eigenvalue weighted by molar-refractivity contribution is -0.156. The highest BCUT2D eigenvalue weighted by Gasteiger charge is 2.43. The molecule has 1 N–H and O–H groups in total. The number of halogens is 1. The van der Waals surface area contributed by atoms with Gasteiger partial charge in [0.2, 0.25) is 0 Å². The predicted molar refractivity (Wildman–Crippen MR) is 75.1 cm³/mol. The molecule has 0 radical (unpaired) electrons. The number of hydrogen-bond acceptors (Lipinski definition) is 4. The van der Waals surface area contributed by atoms with Gasteiger partial charge in [-0.1, -0.05) is 0 Å². The Balaban J connectivity index is 2.36. The van der Waals surface area contributed by atoms with E-state index < -0.39 is 11.7 Å². The molecule has 0 saturated carbocycles. The molecular formula is C13H21BrN2O3. The lowest BCUT2D eigenvalue weighted by Gasteiger charge is -2.40. The van der Waals surface area contributed by atoms with Gasteiger partial charge in [0.1, 0.15) is 11.7 Å². The maximum atomic E-state index is 10.8. The van der Waals surface area contributed by atoms with E-state index in [1.165, 1.54) is 0 Å². The summed E-state index contributed by atoms with van der Waals surface area (Å²) in [5.74, 6) is 0. The van der Waals surface area contributed by atoms with Crippen molar-refractivity contribution < 1.29 is 14.6 Å². The van der Waals surface area contributed by atoms with E-state index in [0.717, 1.165) is 10.2 Å². The molecule has 0 amide bonds. The van der Waals surface area contributed by atoms with Gasteiger partial charge >= 0.3 is 0 Å². The molecule has 1 aromatic heterocycles. The molecule has 5 nitrogen and oxygen atoms in total.